The van der Waals surface area contributed by atoms with Crippen molar-refractivity contribution in [3.63, 3.8) is 0 Å². The molecule has 1 N–H and O–H groups in total. The van der Waals surface area contributed by atoms with Gasteiger partial charge in [-0.2, -0.15) is 0 Å². The first-order valence-corrected chi connectivity index (χ1v) is 8.29. The van der Waals surface area contributed by atoms with Crippen LogP contribution >= 0.6 is 0 Å². The first kappa shape index (κ1) is 12.0. The van der Waals surface area contributed by atoms with Crippen LogP contribution in [0.2, 0.25) is 0 Å². The lowest BCUT2D eigenvalue weighted by Gasteiger charge is -2.16. The average Bonchev–Trinajstić information content (AvgIpc) is 3.17. The molecule has 3 rings (SSSR count). The molecule has 2 aliphatic rings. The zero-order valence-electron chi connectivity index (χ0n) is 10.5. The molecular formula is C13H18N2O2S. The average molecular weight is 266 g/mol. The molecule has 0 radical (unpaired) electrons. The standard InChI is InChI=1S/C13H18N2O2S/c1-18(16,17)11-3-2-8-14-12(11)15-9-13(6-7-13)10-4-5-10/h2-3,8,10H,4-7,9H2,1H3,(H,14,15). The van der Waals surface area contributed by atoms with E-state index in [1.165, 1.54) is 31.9 Å². The first-order chi connectivity index (χ1) is 8.51. The molecule has 2 saturated carbocycles. The highest BCUT2D eigenvalue weighted by atomic mass is 32.2. The van der Waals surface area contributed by atoms with Crippen molar-refractivity contribution in [1.29, 1.82) is 0 Å². The van der Waals surface area contributed by atoms with Gasteiger partial charge in [0.25, 0.3) is 0 Å². The largest absolute Gasteiger partial charge is 0.368 e. The molecule has 18 heavy (non-hydrogen) atoms. The van der Waals surface area contributed by atoms with Crippen molar-refractivity contribution < 1.29 is 8.42 Å². The summed E-state index contributed by atoms with van der Waals surface area (Å²) in [6.45, 7) is 0.858. The third kappa shape index (κ3) is 2.23. The van der Waals surface area contributed by atoms with E-state index in [0.717, 1.165) is 12.5 Å². The molecule has 1 aromatic rings. The van der Waals surface area contributed by atoms with Gasteiger partial charge in [-0.1, -0.05) is 0 Å². The summed E-state index contributed by atoms with van der Waals surface area (Å²) < 4.78 is 23.3. The quantitative estimate of drug-likeness (QED) is 0.886. The number of hydrogen-bond acceptors (Lipinski definition) is 4. The van der Waals surface area contributed by atoms with E-state index in [-0.39, 0.29) is 0 Å². The number of pyridine rings is 1. The minimum absolute atomic E-state index is 0.302. The van der Waals surface area contributed by atoms with Crippen LogP contribution in [0.4, 0.5) is 5.82 Å². The molecule has 0 unspecified atom stereocenters. The fraction of sp³-hybridized carbons (Fsp3) is 0.615. The Bertz CT molecular complexity index is 560. The molecule has 0 saturated heterocycles. The third-order valence-corrected chi connectivity index (χ3v) is 5.24. The highest BCUT2D eigenvalue weighted by Crippen LogP contribution is 2.61. The maximum Gasteiger partial charge on any atom is 0.179 e. The second kappa shape index (κ2) is 3.95. The summed E-state index contributed by atoms with van der Waals surface area (Å²) in [6.07, 6.45) is 8.07. The highest BCUT2D eigenvalue weighted by Gasteiger charge is 2.53. The van der Waals surface area contributed by atoms with Crippen molar-refractivity contribution >= 4 is 15.7 Å². The molecular weight excluding hydrogens is 248 g/mol. The van der Waals surface area contributed by atoms with E-state index in [4.69, 9.17) is 0 Å². The summed E-state index contributed by atoms with van der Waals surface area (Å²) in [4.78, 5) is 4.47. The molecule has 0 bridgehead atoms. The topological polar surface area (TPSA) is 59.1 Å². The van der Waals surface area contributed by atoms with Crippen LogP contribution in [0, 0.1) is 11.3 Å². The van der Waals surface area contributed by atoms with E-state index < -0.39 is 9.84 Å². The van der Waals surface area contributed by atoms with Gasteiger partial charge in [0.15, 0.2) is 9.84 Å². The molecule has 0 amide bonds. The monoisotopic (exact) mass is 266 g/mol. The third-order valence-electron chi connectivity index (χ3n) is 4.11. The Balaban J connectivity index is 1.77. The van der Waals surface area contributed by atoms with Gasteiger partial charge in [-0.05, 0) is 49.1 Å². The number of nitrogens with one attached hydrogen (secondary N) is 1. The molecule has 2 aliphatic carbocycles. The van der Waals surface area contributed by atoms with Crippen molar-refractivity contribution in [2.75, 3.05) is 18.1 Å². The molecule has 98 valence electrons. The van der Waals surface area contributed by atoms with Crippen molar-refractivity contribution in [3.8, 4) is 0 Å². The van der Waals surface area contributed by atoms with Crippen LogP contribution in [-0.4, -0.2) is 26.2 Å². The van der Waals surface area contributed by atoms with Gasteiger partial charge in [0.2, 0.25) is 0 Å². The number of anilines is 1. The van der Waals surface area contributed by atoms with Crippen molar-refractivity contribution in [2.45, 2.75) is 30.6 Å². The second-order valence-electron chi connectivity index (χ2n) is 5.61. The molecule has 5 heteroatoms. The zero-order chi connectivity index (χ0) is 12.8. The second-order valence-corrected chi connectivity index (χ2v) is 7.60. The SMILES string of the molecule is CS(=O)(=O)c1cccnc1NCC1(C2CC2)CC1. The van der Waals surface area contributed by atoms with Crippen LogP contribution in [-0.2, 0) is 9.84 Å². The molecule has 2 fully saturated rings. The Kier molecular flexibility index (Phi) is 2.62. The lowest BCUT2D eigenvalue weighted by Crippen LogP contribution is -2.19. The van der Waals surface area contributed by atoms with Gasteiger partial charge >= 0.3 is 0 Å². The van der Waals surface area contributed by atoms with E-state index in [0.29, 0.717) is 16.1 Å². The number of nitrogens with zero attached hydrogens (tertiary/aromatic N) is 1. The maximum absolute atomic E-state index is 11.7. The van der Waals surface area contributed by atoms with Gasteiger partial charge in [-0.3, -0.25) is 0 Å². The molecule has 0 atom stereocenters. The van der Waals surface area contributed by atoms with Crippen molar-refractivity contribution in [2.24, 2.45) is 11.3 Å². The fourth-order valence-electron chi connectivity index (χ4n) is 2.67. The number of aromatic nitrogens is 1. The van der Waals surface area contributed by atoms with E-state index in [9.17, 15) is 8.42 Å². The molecule has 0 spiro atoms. The minimum atomic E-state index is -3.21. The van der Waals surface area contributed by atoms with Gasteiger partial charge < -0.3 is 5.32 Å². The van der Waals surface area contributed by atoms with E-state index >= 15 is 0 Å². The van der Waals surface area contributed by atoms with Crippen LogP contribution in [0.1, 0.15) is 25.7 Å². The van der Waals surface area contributed by atoms with Gasteiger partial charge in [0.1, 0.15) is 10.7 Å². The molecule has 4 nitrogen and oxygen atoms in total. The minimum Gasteiger partial charge on any atom is -0.368 e. The summed E-state index contributed by atoms with van der Waals surface area (Å²) in [7, 11) is -3.21. The van der Waals surface area contributed by atoms with Gasteiger partial charge in [-0.25, -0.2) is 13.4 Å². The molecule has 1 heterocycles. The summed E-state index contributed by atoms with van der Waals surface area (Å²) in [6, 6.07) is 3.27. The Morgan fingerprint density at radius 2 is 2.17 bits per heavy atom. The number of hydrogen-bond donors (Lipinski definition) is 1. The lowest BCUT2D eigenvalue weighted by atomic mass is 10.0. The molecule has 0 aliphatic heterocycles. The van der Waals surface area contributed by atoms with Crippen molar-refractivity contribution in [1.82, 2.24) is 4.98 Å². The van der Waals surface area contributed by atoms with E-state index in [1.807, 2.05) is 0 Å². The van der Waals surface area contributed by atoms with Gasteiger partial charge in [0, 0.05) is 19.0 Å². The van der Waals surface area contributed by atoms with Gasteiger partial charge in [0.05, 0.1) is 0 Å². The summed E-state index contributed by atoms with van der Waals surface area (Å²) >= 11 is 0. The predicted molar refractivity (Wildman–Crippen MR) is 70.2 cm³/mol. The Hall–Kier alpha value is -1.10. The van der Waals surface area contributed by atoms with Crippen LogP contribution in [0.5, 0.6) is 0 Å². The highest BCUT2D eigenvalue weighted by molar-refractivity contribution is 7.90. The summed E-state index contributed by atoms with van der Waals surface area (Å²) in [5.74, 6) is 1.36. The number of sulfone groups is 1. The Morgan fingerprint density at radius 1 is 1.44 bits per heavy atom. The van der Waals surface area contributed by atoms with Crippen LogP contribution < -0.4 is 5.32 Å². The predicted octanol–water partition coefficient (Wildman–Crippen LogP) is 2.09. The first-order valence-electron chi connectivity index (χ1n) is 6.40. The molecule has 0 aromatic carbocycles. The van der Waals surface area contributed by atoms with Crippen LogP contribution in [0.3, 0.4) is 0 Å². The van der Waals surface area contributed by atoms with E-state index in [2.05, 4.69) is 10.3 Å². The van der Waals surface area contributed by atoms with Crippen LogP contribution in [0.15, 0.2) is 23.2 Å². The zero-order valence-corrected chi connectivity index (χ0v) is 11.3. The van der Waals surface area contributed by atoms with Gasteiger partial charge in [-0.15, -0.1) is 0 Å². The maximum atomic E-state index is 11.7. The molecule has 1 aromatic heterocycles. The normalized spacial score (nSPS) is 21.6. The Morgan fingerprint density at radius 3 is 2.72 bits per heavy atom. The van der Waals surface area contributed by atoms with Crippen LogP contribution in [0.25, 0.3) is 0 Å². The lowest BCUT2D eigenvalue weighted by molar-refractivity contribution is 0.466. The summed E-state index contributed by atoms with van der Waals surface area (Å²) in [5.41, 5.74) is 0.437. The number of rotatable bonds is 5. The smallest absolute Gasteiger partial charge is 0.179 e. The summed E-state index contributed by atoms with van der Waals surface area (Å²) in [5, 5.41) is 3.25. The fourth-order valence-corrected chi connectivity index (χ4v) is 3.47. The van der Waals surface area contributed by atoms with Crippen molar-refractivity contribution in [3.05, 3.63) is 18.3 Å². The van der Waals surface area contributed by atoms with E-state index in [1.54, 1.807) is 18.3 Å². The Labute approximate surface area is 108 Å².